The molecule has 114 valence electrons. The highest BCUT2D eigenvalue weighted by Gasteiger charge is 2.34. The lowest BCUT2D eigenvalue weighted by molar-refractivity contribution is -0.116. The highest BCUT2D eigenvalue weighted by Crippen LogP contribution is 2.31. The molecule has 1 saturated carbocycles. The van der Waals surface area contributed by atoms with Gasteiger partial charge in [0.15, 0.2) is 0 Å². The third-order valence-corrected chi connectivity index (χ3v) is 5.43. The van der Waals surface area contributed by atoms with Crippen LogP contribution in [0.5, 0.6) is 0 Å². The Labute approximate surface area is 127 Å². The number of rotatable bonds is 3. The summed E-state index contributed by atoms with van der Waals surface area (Å²) in [6, 6.07) is 9.70. The summed E-state index contributed by atoms with van der Waals surface area (Å²) >= 11 is 0. The predicted molar refractivity (Wildman–Crippen MR) is 84.3 cm³/mol. The van der Waals surface area contributed by atoms with Gasteiger partial charge in [-0.15, -0.1) is 0 Å². The molecule has 3 heteroatoms. The summed E-state index contributed by atoms with van der Waals surface area (Å²) in [4.78, 5) is 2.67. The average molecular weight is 286 g/mol. The Balaban J connectivity index is 1.54. The van der Waals surface area contributed by atoms with Gasteiger partial charge in [0.05, 0.1) is 6.10 Å². The van der Waals surface area contributed by atoms with E-state index in [9.17, 15) is 0 Å². The molecule has 0 radical (unpaired) electrons. The van der Waals surface area contributed by atoms with Gasteiger partial charge in [0.25, 0.3) is 0 Å². The zero-order chi connectivity index (χ0) is 14.1. The van der Waals surface area contributed by atoms with Gasteiger partial charge in [-0.3, -0.25) is 4.90 Å². The van der Waals surface area contributed by atoms with Crippen LogP contribution < -0.4 is 5.32 Å². The molecule has 1 aromatic rings. The maximum Gasteiger partial charge on any atom is 0.115 e. The number of benzene rings is 1. The van der Waals surface area contributed by atoms with E-state index in [1.165, 1.54) is 36.8 Å². The Kier molecular flexibility index (Phi) is 3.97. The molecule has 1 aromatic carbocycles. The SMILES string of the molecule is c1ccc2c(c1)CCN(C1CCC1)C(O[C@H]1CCNC1)C2. The van der Waals surface area contributed by atoms with Crippen molar-refractivity contribution in [2.45, 2.75) is 56.9 Å². The molecule has 1 N–H and O–H groups in total. The van der Waals surface area contributed by atoms with Gasteiger partial charge in [-0.25, -0.2) is 0 Å². The van der Waals surface area contributed by atoms with E-state index in [2.05, 4.69) is 34.5 Å². The summed E-state index contributed by atoms with van der Waals surface area (Å²) in [6.45, 7) is 3.29. The third-order valence-electron chi connectivity index (χ3n) is 5.43. The van der Waals surface area contributed by atoms with Crippen LogP contribution in [0, 0.1) is 0 Å². The van der Waals surface area contributed by atoms with E-state index < -0.39 is 0 Å². The maximum atomic E-state index is 6.52. The first-order chi connectivity index (χ1) is 10.4. The topological polar surface area (TPSA) is 24.5 Å². The van der Waals surface area contributed by atoms with Crippen molar-refractivity contribution in [2.75, 3.05) is 19.6 Å². The van der Waals surface area contributed by atoms with E-state index in [4.69, 9.17) is 4.74 Å². The van der Waals surface area contributed by atoms with Crippen LogP contribution in [0.2, 0.25) is 0 Å². The number of nitrogens with one attached hydrogen (secondary N) is 1. The molecule has 1 saturated heterocycles. The fourth-order valence-electron chi connectivity index (χ4n) is 3.93. The van der Waals surface area contributed by atoms with Crippen molar-refractivity contribution in [1.82, 2.24) is 10.2 Å². The molecule has 4 rings (SSSR count). The molecule has 0 aromatic heterocycles. The Morgan fingerprint density at radius 2 is 1.95 bits per heavy atom. The molecule has 2 aliphatic heterocycles. The summed E-state index contributed by atoms with van der Waals surface area (Å²) in [5.74, 6) is 0. The molecule has 2 fully saturated rings. The van der Waals surface area contributed by atoms with E-state index >= 15 is 0 Å². The molecule has 2 heterocycles. The second kappa shape index (κ2) is 6.07. The molecule has 0 spiro atoms. The van der Waals surface area contributed by atoms with E-state index in [0.717, 1.165) is 38.5 Å². The molecule has 21 heavy (non-hydrogen) atoms. The van der Waals surface area contributed by atoms with Crippen LogP contribution in [0.25, 0.3) is 0 Å². The normalized spacial score (nSPS) is 30.7. The minimum Gasteiger partial charge on any atom is -0.358 e. The Morgan fingerprint density at radius 3 is 2.67 bits per heavy atom. The first-order valence-electron chi connectivity index (χ1n) is 8.59. The van der Waals surface area contributed by atoms with Gasteiger partial charge in [0.2, 0.25) is 0 Å². The van der Waals surface area contributed by atoms with Gasteiger partial charge in [-0.2, -0.15) is 0 Å². The van der Waals surface area contributed by atoms with Crippen LogP contribution in [-0.2, 0) is 17.6 Å². The minimum absolute atomic E-state index is 0.281. The van der Waals surface area contributed by atoms with Crippen molar-refractivity contribution >= 4 is 0 Å². The monoisotopic (exact) mass is 286 g/mol. The first kappa shape index (κ1) is 13.7. The van der Waals surface area contributed by atoms with Crippen molar-refractivity contribution in [3.8, 4) is 0 Å². The van der Waals surface area contributed by atoms with Crippen molar-refractivity contribution in [2.24, 2.45) is 0 Å². The fraction of sp³-hybridized carbons (Fsp3) is 0.667. The molecule has 0 bridgehead atoms. The van der Waals surface area contributed by atoms with Gasteiger partial charge < -0.3 is 10.1 Å². The van der Waals surface area contributed by atoms with Crippen LogP contribution in [0.3, 0.4) is 0 Å². The van der Waals surface area contributed by atoms with Crippen molar-refractivity contribution < 1.29 is 4.74 Å². The average Bonchev–Trinajstić information content (AvgIpc) is 2.88. The number of hydrogen-bond acceptors (Lipinski definition) is 3. The number of ether oxygens (including phenoxy) is 1. The van der Waals surface area contributed by atoms with Crippen molar-refractivity contribution in [3.63, 3.8) is 0 Å². The quantitative estimate of drug-likeness (QED) is 0.923. The second-order valence-corrected chi connectivity index (χ2v) is 6.75. The predicted octanol–water partition coefficient (Wildman–Crippen LogP) is 2.34. The lowest BCUT2D eigenvalue weighted by atomic mass is 9.91. The van der Waals surface area contributed by atoms with Gasteiger partial charge in [0.1, 0.15) is 6.23 Å². The molecule has 0 amide bonds. The maximum absolute atomic E-state index is 6.52. The van der Waals surface area contributed by atoms with Gasteiger partial charge in [0, 0.05) is 25.6 Å². The van der Waals surface area contributed by atoms with Gasteiger partial charge in [-0.05, 0) is 43.4 Å². The number of fused-ring (bicyclic) bond motifs is 1. The minimum atomic E-state index is 0.281. The van der Waals surface area contributed by atoms with Gasteiger partial charge >= 0.3 is 0 Å². The van der Waals surface area contributed by atoms with E-state index in [1.54, 1.807) is 0 Å². The summed E-state index contributed by atoms with van der Waals surface area (Å²) in [6.07, 6.45) is 8.20. The van der Waals surface area contributed by atoms with Crippen molar-refractivity contribution in [3.05, 3.63) is 35.4 Å². The van der Waals surface area contributed by atoms with E-state index in [0.29, 0.717) is 6.10 Å². The molecular weight excluding hydrogens is 260 g/mol. The van der Waals surface area contributed by atoms with Crippen LogP contribution in [0.15, 0.2) is 24.3 Å². The molecule has 3 aliphatic rings. The first-order valence-corrected chi connectivity index (χ1v) is 8.59. The Bertz CT molecular complexity index is 480. The Morgan fingerprint density at radius 1 is 1.10 bits per heavy atom. The highest BCUT2D eigenvalue weighted by atomic mass is 16.5. The van der Waals surface area contributed by atoms with E-state index in [-0.39, 0.29) is 6.23 Å². The largest absolute Gasteiger partial charge is 0.358 e. The molecule has 3 nitrogen and oxygen atoms in total. The summed E-state index contributed by atoms with van der Waals surface area (Å²) in [7, 11) is 0. The number of hydrogen-bond donors (Lipinski definition) is 1. The second-order valence-electron chi connectivity index (χ2n) is 6.75. The fourth-order valence-corrected chi connectivity index (χ4v) is 3.93. The standard InChI is InChI=1S/C18H26N2O/c1-2-5-15-12-18(21-17-8-10-19-13-17)20(16-6-3-7-16)11-9-14(15)4-1/h1-2,4-5,16-19H,3,6-13H2/t17-,18?/m0/s1. The van der Waals surface area contributed by atoms with Crippen LogP contribution >= 0.6 is 0 Å². The summed E-state index contributed by atoms with van der Waals surface area (Å²) < 4.78 is 6.52. The Hall–Kier alpha value is -0.900. The zero-order valence-electron chi connectivity index (χ0n) is 12.8. The lowest BCUT2D eigenvalue weighted by Crippen LogP contribution is -2.50. The molecule has 1 aliphatic carbocycles. The smallest absolute Gasteiger partial charge is 0.115 e. The molecular formula is C18H26N2O. The zero-order valence-corrected chi connectivity index (χ0v) is 12.8. The van der Waals surface area contributed by atoms with Crippen LogP contribution in [-0.4, -0.2) is 42.9 Å². The van der Waals surface area contributed by atoms with Crippen LogP contribution in [0.4, 0.5) is 0 Å². The van der Waals surface area contributed by atoms with Crippen molar-refractivity contribution in [1.29, 1.82) is 0 Å². The molecule has 2 atom stereocenters. The van der Waals surface area contributed by atoms with E-state index in [1.807, 2.05) is 0 Å². The van der Waals surface area contributed by atoms with Gasteiger partial charge in [-0.1, -0.05) is 30.7 Å². The third kappa shape index (κ3) is 2.87. The number of nitrogens with zero attached hydrogens (tertiary/aromatic N) is 1. The lowest BCUT2D eigenvalue weighted by Gasteiger charge is -2.42. The highest BCUT2D eigenvalue weighted by molar-refractivity contribution is 5.29. The summed E-state index contributed by atoms with van der Waals surface area (Å²) in [5.41, 5.74) is 3.02. The molecule has 1 unspecified atom stereocenters. The van der Waals surface area contributed by atoms with Crippen LogP contribution in [0.1, 0.15) is 36.8 Å². The summed E-state index contributed by atoms with van der Waals surface area (Å²) in [5, 5.41) is 3.43.